The molecule has 0 aliphatic carbocycles. The topological polar surface area (TPSA) is 47.9 Å². The maximum atomic E-state index is 8.79. The molecule has 0 aliphatic heterocycles. The third-order valence-electron chi connectivity index (χ3n) is 1.95. The fraction of sp³-hybridized carbons (Fsp3) is 1.00. The Balaban J connectivity index is 3.41. The first kappa shape index (κ1) is 13.8. The van der Waals surface area contributed by atoms with Crippen molar-refractivity contribution in [1.82, 2.24) is 0 Å². The molecule has 0 radical (unpaired) electrons. The van der Waals surface area contributed by atoms with Crippen LogP contribution in [0.25, 0.3) is 0 Å². The van der Waals surface area contributed by atoms with Crippen molar-refractivity contribution in [2.45, 2.75) is 26.4 Å². The third kappa shape index (κ3) is 7.26. The van der Waals surface area contributed by atoms with E-state index in [0.29, 0.717) is 25.6 Å². The summed E-state index contributed by atoms with van der Waals surface area (Å²) < 4.78 is 15.4. The summed E-state index contributed by atoms with van der Waals surface area (Å²) >= 11 is 0. The number of hydrogen-bond donors (Lipinski definition) is 1. The van der Waals surface area contributed by atoms with Gasteiger partial charge in [0, 0.05) is 13.7 Å². The number of aliphatic hydroxyl groups is 1. The van der Waals surface area contributed by atoms with Crippen LogP contribution in [0.3, 0.4) is 0 Å². The van der Waals surface area contributed by atoms with Gasteiger partial charge in [0.15, 0.2) is 0 Å². The molecule has 0 saturated carbocycles. The molecule has 4 heteroatoms. The van der Waals surface area contributed by atoms with Crippen LogP contribution in [0, 0.1) is 5.92 Å². The van der Waals surface area contributed by atoms with E-state index in [9.17, 15) is 0 Å². The van der Waals surface area contributed by atoms with Gasteiger partial charge in [-0.1, -0.05) is 13.8 Å². The zero-order valence-corrected chi connectivity index (χ0v) is 9.36. The first-order valence-electron chi connectivity index (χ1n) is 5.01. The summed E-state index contributed by atoms with van der Waals surface area (Å²) in [6.45, 7) is 5.67. The smallest absolute Gasteiger partial charge is 0.147 e. The summed E-state index contributed by atoms with van der Waals surface area (Å²) in [7, 11) is 1.63. The van der Waals surface area contributed by atoms with E-state index in [0.717, 1.165) is 0 Å². The van der Waals surface area contributed by atoms with Gasteiger partial charge in [-0.25, -0.2) is 0 Å². The minimum absolute atomic E-state index is 0.0718. The van der Waals surface area contributed by atoms with Crippen LogP contribution < -0.4 is 0 Å². The van der Waals surface area contributed by atoms with Crippen molar-refractivity contribution in [3.05, 3.63) is 0 Å². The molecule has 0 unspecified atom stereocenters. The van der Waals surface area contributed by atoms with Gasteiger partial charge in [-0.3, -0.25) is 0 Å². The lowest BCUT2D eigenvalue weighted by Crippen LogP contribution is -2.23. The van der Waals surface area contributed by atoms with Crippen LogP contribution in [-0.4, -0.2) is 44.9 Å². The molecule has 1 atom stereocenters. The highest BCUT2D eigenvalue weighted by molar-refractivity contribution is 4.60. The number of rotatable bonds is 9. The first-order valence-corrected chi connectivity index (χ1v) is 5.01. The summed E-state index contributed by atoms with van der Waals surface area (Å²) in [5, 5.41) is 8.79. The van der Waals surface area contributed by atoms with Gasteiger partial charge < -0.3 is 19.3 Å². The molecule has 0 heterocycles. The van der Waals surface area contributed by atoms with E-state index in [2.05, 4.69) is 13.8 Å². The Bertz CT molecular complexity index is 117. The van der Waals surface area contributed by atoms with Crippen LogP contribution in [-0.2, 0) is 14.2 Å². The first-order chi connectivity index (χ1) is 6.72. The van der Waals surface area contributed by atoms with Crippen molar-refractivity contribution in [3.63, 3.8) is 0 Å². The quantitative estimate of drug-likeness (QED) is 0.452. The van der Waals surface area contributed by atoms with Crippen molar-refractivity contribution >= 4 is 0 Å². The van der Waals surface area contributed by atoms with Gasteiger partial charge in [0.1, 0.15) is 6.79 Å². The second-order valence-electron chi connectivity index (χ2n) is 3.48. The van der Waals surface area contributed by atoms with Gasteiger partial charge >= 0.3 is 0 Å². The Morgan fingerprint density at radius 1 is 1.21 bits per heavy atom. The van der Waals surface area contributed by atoms with Crippen LogP contribution in [0.4, 0.5) is 0 Å². The minimum atomic E-state index is 0.0718. The van der Waals surface area contributed by atoms with E-state index < -0.39 is 0 Å². The van der Waals surface area contributed by atoms with Crippen LogP contribution in [0.5, 0.6) is 0 Å². The van der Waals surface area contributed by atoms with Gasteiger partial charge in [0.05, 0.1) is 19.3 Å². The lowest BCUT2D eigenvalue weighted by Gasteiger charge is -2.20. The number of methoxy groups -OCH3 is 1. The highest BCUT2D eigenvalue weighted by Gasteiger charge is 2.12. The second kappa shape index (κ2) is 9.40. The largest absolute Gasteiger partial charge is 0.396 e. The van der Waals surface area contributed by atoms with Gasteiger partial charge in [-0.05, 0) is 12.3 Å². The van der Waals surface area contributed by atoms with Crippen LogP contribution in [0.15, 0.2) is 0 Å². The molecule has 0 aromatic carbocycles. The van der Waals surface area contributed by atoms with E-state index in [-0.39, 0.29) is 19.5 Å². The molecular weight excluding hydrogens is 184 g/mol. The molecule has 0 bridgehead atoms. The molecule has 0 amide bonds. The highest BCUT2D eigenvalue weighted by Crippen LogP contribution is 2.10. The van der Waals surface area contributed by atoms with Crippen LogP contribution in [0.1, 0.15) is 20.3 Å². The van der Waals surface area contributed by atoms with Crippen LogP contribution in [0.2, 0.25) is 0 Å². The van der Waals surface area contributed by atoms with E-state index in [1.807, 2.05) is 0 Å². The van der Waals surface area contributed by atoms with Crippen molar-refractivity contribution in [2.75, 3.05) is 33.7 Å². The van der Waals surface area contributed by atoms with Gasteiger partial charge in [0.25, 0.3) is 0 Å². The van der Waals surface area contributed by atoms with E-state index in [4.69, 9.17) is 19.3 Å². The molecule has 0 aromatic rings. The molecule has 4 nitrogen and oxygen atoms in total. The van der Waals surface area contributed by atoms with Crippen LogP contribution >= 0.6 is 0 Å². The molecule has 0 aliphatic rings. The van der Waals surface area contributed by atoms with E-state index >= 15 is 0 Å². The predicted octanol–water partition coefficient (Wildman–Crippen LogP) is 1.03. The molecule has 14 heavy (non-hydrogen) atoms. The minimum Gasteiger partial charge on any atom is -0.396 e. The molecule has 0 rings (SSSR count). The Morgan fingerprint density at radius 3 is 2.43 bits per heavy atom. The Labute approximate surface area is 86.2 Å². The molecule has 0 spiro atoms. The Hall–Kier alpha value is -0.160. The van der Waals surface area contributed by atoms with Gasteiger partial charge in [-0.2, -0.15) is 0 Å². The normalized spacial score (nSPS) is 13.5. The summed E-state index contributed by atoms with van der Waals surface area (Å²) in [5.41, 5.74) is 0. The average Bonchev–Trinajstić information content (AvgIpc) is 2.15. The molecule has 86 valence electrons. The fourth-order valence-corrected chi connectivity index (χ4v) is 1.07. The van der Waals surface area contributed by atoms with Gasteiger partial charge in [-0.15, -0.1) is 0 Å². The van der Waals surface area contributed by atoms with Crippen molar-refractivity contribution in [1.29, 1.82) is 0 Å². The molecule has 0 fully saturated rings. The number of hydrogen-bond acceptors (Lipinski definition) is 4. The predicted molar refractivity (Wildman–Crippen MR) is 54.1 cm³/mol. The SMILES string of the molecule is COCCOCO[C@@H](CCO)C(C)C. The molecule has 0 saturated heterocycles. The van der Waals surface area contributed by atoms with Gasteiger partial charge in [0.2, 0.25) is 0 Å². The monoisotopic (exact) mass is 206 g/mol. The summed E-state index contributed by atoms with van der Waals surface area (Å²) in [6.07, 6.45) is 0.730. The molecular formula is C10H22O4. The Morgan fingerprint density at radius 2 is 1.93 bits per heavy atom. The average molecular weight is 206 g/mol. The highest BCUT2D eigenvalue weighted by atomic mass is 16.7. The summed E-state index contributed by atoms with van der Waals surface area (Å²) in [6, 6.07) is 0. The lowest BCUT2D eigenvalue weighted by molar-refractivity contribution is -0.114. The summed E-state index contributed by atoms with van der Waals surface area (Å²) in [5.74, 6) is 0.396. The zero-order chi connectivity index (χ0) is 10.8. The van der Waals surface area contributed by atoms with E-state index in [1.165, 1.54) is 0 Å². The fourth-order valence-electron chi connectivity index (χ4n) is 1.07. The maximum Gasteiger partial charge on any atom is 0.147 e. The zero-order valence-electron chi connectivity index (χ0n) is 9.36. The molecule has 0 aromatic heterocycles. The summed E-state index contributed by atoms with van der Waals surface area (Å²) in [4.78, 5) is 0. The number of aliphatic hydroxyl groups excluding tert-OH is 1. The van der Waals surface area contributed by atoms with Crippen molar-refractivity contribution < 1.29 is 19.3 Å². The maximum absolute atomic E-state index is 8.79. The second-order valence-corrected chi connectivity index (χ2v) is 3.48. The van der Waals surface area contributed by atoms with Crippen molar-refractivity contribution in [2.24, 2.45) is 5.92 Å². The third-order valence-corrected chi connectivity index (χ3v) is 1.95. The van der Waals surface area contributed by atoms with Crippen molar-refractivity contribution in [3.8, 4) is 0 Å². The Kier molecular flexibility index (Phi) is 9.29. The van der Waals surface area contributed by atoms with E-state index in [1.54, 1.807) is 7.11 Å². The standard InChI is InChI=1S/C10H22O4/c1-9(2)10(4-5-11)14-8-13-7-6-12-3/h9-11H,4-8H2,1-3H3/t10-/m0/s1. The lowest BCUT2D eigenvalue weighted by atomic mass is 10.1. The number of ether oxygens (including phenoxy) is 3. The molecule has 1 N–H and O–H groups in total.